The number of hydrogen-bond donors (Lipinski definition) is 2. The van der Waals surface area contributed by atoms with Crippen LogP contribution in [0.25, 0.3) is 0 Å². The SMILES string of the molecule is Cn1cc(C(NN)c2ccc(F)cc2I)cn1. The highest BCUT2D eigenvalue weighted by molar-refractivity contribution is 14.1. The summed E-state index contributed by atoms with van der Waals surface area (Å²) in [7, 11) is 1.84. The first kappa shape index (κ1) is 12.5. The molecule has 0 saturated heterocycles. The van der Waals surface area contributed by atoms with Crippen LogP contribution in [-0.4, -0.2) is 9.78 Å². The molecule has 1 aromatic heterocycles. The summed E-state index contributed by atoms with van der Waals surface area (Å²) in [6.45, 7) is 0. The van der Waals surface area contributed by atoms with Gasteiger partial charge in [0, 0.05) is 22.4 Å². The van der Waals surface area contributed by atoms with Gasteiger partial charge in [0.05, 0.1) is 12.2 Å². The van der Waals surface area contributed by atoms with E-state index in [2.05, 4.69) is 33.1 Å². The Labute approximate surface area is 112 Å². The fourth-order valence-electron chi connectivity index (χ4n) is 1.69. The largest absolute Gasteiger partial charge is 0.275 e. The van der Waals surface area contributed by atoms with E-state index < -0.39 is 0 Å². The van der Waals surface area contributed by atoms with E-state index in [9.17, 15) is 4.39 Å². The standard InChI is InChI=1S/C11H12FIN4/c1-17-6-7(5-15-17)11(16-14)9-3-2-8(12)4-10(9)13/h2-6,11,16H,14H2,1H3. The number of rotatable bonds is 3. The first-order valence-electron chi connectivity index (χ1n) is 5.01. The first-order valence-corrected chi connectivity index (χ1v) is 6.09. The van der Waals surface area contributed by atoms with E-state index in [1.807, 2.05) is 13.2 Å². The number of aryl methyl sites for hydroxylation is 1. The zero-order valence-electron chi connectivity index (χ0n) is 9.19. The highest BCUT2D eigenvalue weighted by Crippen LogP contribution is 2.25. The fourth-order valence-corrected chi connectivity index (χ4v) is 2.48. The molecule has 0 aliphatic rings. The zero-order valence-corrected chi connectivity index (χ0v) is 11.3. The molecule has 0 bridgehead atoms. The van der Waals surface area contributed by atoms with Gasteiger partial charge < -0.3 is 0 Å². The van der Waals surface area contributed by atoms with Crippen LogP contribution in [0.2, 0.25) is 0 Å². The molecule has 0 saturated carbocycles. The first-order chi connectivity index (χ1) is 8.11. The molecule has 0 aliphatic carbocycles. The van der Waals surface area contributed by atoms with Crippen molar-refractivity contribution in [3.8, 4) is 0 Å². The minimum atomic E-state index is -0.250. The predicted molar refractivity (Wildman–Crippen MR) is 71.5 cm³/mol. The third-order valence-electron chi connectivity index (χ3n) is 2.50. The van der Waals surface area contributed by atoms with Gasteiger partial charge in [0.2, 0.25) is 0 Å². The van der Waals surface area contributed by atoms with Gasteiger partial charge in [0.1, 0.15) is 5.82 Å². The van der Waals surface area contributed by atoms with Crippen molar-refractivity contribution in [2.45, 2.75) is 6.04 Å². The lowest BCUT2D eigenvalue weighted by atomic mass is 10.0. The number of nitrogens with two attached hydrogens (primary N) is 1. The molecule has 1 unspecified atom stereocenters. The summed E-state index contributed by atoms with van der Waals surface area (Å²) < 4.78 is 15.6. The van der Waals surface area contributed by atoms with Gasteiger partial charge in [-0.15, -0.1) is 0 Å². The van der Waals surface area contributed by atoms with Crippen molar-refractivity contribution in [2.75, 3.05) is 0 Å². The van der Waals surface area contributed by atoms with E-state index in [0.717, 1.165) is 14.7 Å². The third-order valence-corrected chi connectivity index (χ3v) is 3.43. The molecule has 2 aromatic rings. The minimum Gasteiger partial charge on any atom is -0.275 e. The topological polar surface area (TPSA) is 55.9 Å². The van der Waals surface area contributed by atoms with Crippen LogP contribution in [0, 0.1) is 9.39 Å². The number of hydrazine groups is 1. The monoisotopic (exact) mass is 346 g/mol. The number of nitrogens with one attached hydrogen (secondary N) is 1. The normalized spacial score (nSPS) is 12.7. The van der Waals surface area contributed by atoms with Crippen LogP contribution >= 0.6 is 22.6 Å². The van der Waals surface area contributed by atoms with Crippen LogP contribution in [0.1, 0.15) is 17.2 Å². The molecular weight excluding hydrogens is 334 g/mol. The molecule has 17 heavy (non-hydrogen) atoms. The summed E-state index contributed by atoms with van der Waals surface area (Å²) in [5, 5.41) is 4.10. The smallest absolute Gasteiger partial charge is 0.124 e. The molecule has 1 atom stereocenters. The summed E-state index contributed by atoms with van der Waals surface area (Å²) in [4.78, 5) is 0. The van der Waals surface area contributed by atoms with E-state index in [-0.39, 0.29) is 11.9 Å². The summed E-state index contributed by atoms with van der Waals surface area (Å²) >= 11 is 2.10. The zero-order chi connectivity index (χ0) is 12.4. The number of nitrogens with zero attached hydrogens (tertiary/aromatic N) is 2. The maximum absolute atomic E-state index is 13.0. The van der Waals surface area contributed by atoms with Gasteiger partial charge in [-0.2, -0.15) is 5.10 Å². The Bertz CT molecular complexity index is 526. The van der Waals surface area contributed by atoms with E-state index >= 15 is 0 Å². The lowest BCUT2D eigenvalue weighted by Gasteiger charge is -2.16. The summed E-state index contributed by atoms with van der Waals surface area (Å²) in [5.74, 6) is 5.32. The molecule has 6 heteroatoms. The van der Waals surface area contributed by atoms with Crippen LogP contribution in [0.4, 0.5) is 4.39 Å². The Kier molecular flexibility index (Phi) is 3.75. The molecule has 0 amide bonds. The Morgan fingerprint density at radius 2 is 2.29 bits per heavy atom. The fraction of sp³-hybridized carbons (Fsp3) is 0.182. The Hall–Kier alpha value is -0.990. The molecule has 2 rings (SSSR count). The van der Waals surface area contributed by atoms with Crippen molar-refractivity contribution in [3.05, 3.63) is 51.1 Å². The van der Waals surface area contributed by atoms with Crippen LogP contribution in [-0.2, 0) is 7.05 Å². The number of halogens is 2. The van der Waals surface area contributed by atoms with Gasteiger partial charge in [-0.05, 0) is 40.3 Å². The molecule has 0 radical (unpaired) electrons. The van der Waals surface area contributed by atoms with Crippen molar-refractivity contribution in [2.24, 2.45) is 12.9 Å². The molecule has 1 aromatic carbocycles. The summed E-state index contributed by atoms with van der Waals surface area (Å²) in [6.07, 6.45) is 3.62. The predicted octanol–water partition coefficient (Wildman–Crippen LogP) is 1.72. The van der Waals surface area contributed by atoms with Crippen LogP contribution in [0.15, 0.2) is 30.6 Å². The Morgan fingerprint density at radius 3 is 2.82 bits per heavy atom. The third kappa shape index (κ3) is 2.64. The second kappa shape index (κ2) is 5.11. The van der Waals surface area contributed by atoms with Gasteiger partial charge >= 0.3 is 0 Å². The van der Waals surface area contributed by atoms with Gasteiger partial charge in [-0.3, -0.25) is 10.5 Å². The molecule has 0 fully saturated rings. The number of benzene rings is 1. The average Bonchev–Trinajstić information content (AvgIpc) is 2.69. The second-order valence-electron chi connectivity index (χ2n) is 3.71. The van der Waals surface area contributed by atoms with Crippen LogP contribution in [0.5, 0.6) is 0 Å². The molecule has 90 valence electrons. The van der Waals surface area contributed by atoms with Crippen molar-refractivity contribution in [1.29, 1.82) is 0 Å². The molecule has 1 heterocycles. The van der Waals surface area contributed by atoms with E-state index in [1.165, 1.54) is 12.1 Å². The van der Waals surface area contributed by atoms with Crippen molar-refractivity contribution in [1.82, 2.24) is 15.2 Å². The van der Waals surface area contributed by atoms with Gasteiger partial charge in [-0.25, -0.2) is 9.82 Å². The highest BCUT2D eigenvalue weighted by Gasteiger charge is 2.17. The molecular formula is C11H12FIN4. The van der Waals surface area contributed by atoms with Crippen LogP contribution in [0.3, 0.4) is 0 Å². The van der Waals surface area contributed by atoms with Gasteiger partial charge in [-0.1, -0.05) is 6.07 Å². The summed E-state index contributed by atoms with van der Waals surface area (Å²) in [6, 6.07) is 4.46. The number of hydrogen-bond acceptors (Lipinski definition) is 3. The maximum atomic E-state index is 13.0. The van der Waals surface area contributed by atoms with E-state index in [0.29, 0.717) is 0 Å². The van der Waals surface area contributed by atoms with Crippen molar-refractivity contribution < 1.29 is 4.39 Å². The Balaban J connectivity index is 2.42. The maximum Gasteiger partial charge on any atom is 0.124 e. The Morgan fingerprint density at radius 1 is 1.53 bits per heavy atom. The van der Waals surface area contributed by atoms with Crippen molar-refractivity contribution in [3.63, 3.8) is 0 Å². The summed E-state index contributed by atoms with van der Waals surface area (Å²) in [5.41, 5.74) is 4.60. The van der Waals surface area contributed by atoms with Crippen molar-refractivity contribution >= 4 is 22.6 Å². The lowest BCUT2D eigenvalue weighted by molar-refractivity contribution is 0.612. The van der Waals surface area contributed by atoms with E-state index in [4.69, 9.17) is 5.84 Å². The molecule has 0 spiro atoms. The molecule has 0 aliphatic heterocycles. The lowest BCUT2D eigenvalue weighted by Crippen LogP contribution is -2.29. The van der Waals surface area contributed by atoms with E-state index in [1.54, 1.807) is 16.9 Å². The van der Waals surface area contributed by atoms with Gasteiger partial charge in [0.25, 0.3) is 0 Å². The highest BCUT2D eigenvalue weighted by atomic mass is 127. The van der Waals surface area contributed by atoms with Crippen LogP contribution < -0.4 is 11.3 Å². The molecule has 4 nitrogen and oxygen atoms in total. The minimum absolute atomic E-state index is 0.184. The van der Waals surface area contributed by atoms with Gasteiger partial charge in [0.15, 0.2) is 0 Å². The second-order valence-corrected chi connectivity index (χ2v) is 4.88. The molecule has 3 N–H and O–H groups in total. The average molecular weight is 346 g/mol. The number of aromatic nitrogens is 2. The quantitative estimate of drug-likeness (QED) is 0.506.